The van der Waals surface area contributed by atoms with Crippen LogP contribution in [0.15, 0.2) is 106 Å². The Morgan fingerprint density at radius 3 is 1.41 bits per heavy atom. The van der Waals surface area contributed by atoms with Crippen LogP contribution in [0.4, 0.5) is 11.4 Å². The fraction of sp³-hybridized carbons (Fsp3) is 0.0968. The number of nitrogens with zero attached hydrogens (tertiary/aromatic N) is 2. The van der Waals surface area contributed by atoms with Crippen molar-refractivity contribution in [2.45, 2.75) is 15.1 Å². The molecule has 204 valence electrons. The summed E-state index contributed by atoms with van der Waals surface area (Å²) in [6, 6.07) is 31.7. The van der Waals surface area contributed by atoms with E-state index in [0.29, 0.717) is 11.5 Å². The molecule has 0 radical (unpaired) electrons. The van der Waals surface area contributed by atoms with Crippen molar-refractivity contribution in [3.63, 3.8) is 0 Å². The number of benzene rings is 4. The highest BCUT2D eigenvalue weighted by molar-refractivity contribution is 8.02. The largest absolute Gasteiger partial charge is 0.325 e. The van der Waals surface area contributed by atoms with Crippen molar-refractivity contribution in [1.29, 1.82) is 0 Å². The lowest BCUT2D eigenvalue weighted by Crippen LogP contribution is -2.14. The number of carbonyl (C=O) groups excluding carboxylic acids is 2. The molecule has 0 unspecified atom stereocenters. The lowest BCUT2D eigenvalue weighted by molar-refractivity contribution is -0.114. The molecule has 0 aliphatic rings. The fourth-order valence-corrected chi connectivity index (χ4v) is 7.86. The Balaban J connectivity index is 0.949. The first-order chi connectivity index (χ1) is 20.1. The van der Waals surface area contributed by atoms with Crippen LogP contribution >= 0.6 is 46.2 Å². The minimum Gasteiger partial charge on any atom is -0.325 e. The van der Waals surface area contributed by atoms with E-state index < -0.39 is 0 Å². The molecule has 6 nitrogen and oxygen atoms in total. The zero-order valence-electron chi connectivity index (χ0n) is 21.7. The van der Waals surface area contributed by atoms with Gasteiger partial charge < -0.3 is 10.6 Å². The molecule has 0 aliphatic carbocycles. The van der Waals surface area contributed by atoms with E-state index in [4.69, 9.17) is 0 Å². The second-order valence-electron chi connectivity index (χ2n) is 9.14. The van der Waals surface area contributed by atoms with Gasteiger partial charge in [-0.15, -0.1) is 22.7 Å². The average Bonchev–Trinajstić information content (AvgIpc) is 3.61. The zero-order chi connectivity index (χ0) is 28.0. The van der Waals surface area contributed by atoms with E-state index in [9.17, 15) is 9.59 Å². The SMILES string of the molecule is O=C(CSc1nc2ccccc2s1)Nc1ccc(Cc2ccc(NC(=O)CSc3nc4ccccc4s3)cc2)cc1. The first-order valence-corrected chi connectivity index (χ1v) is 16.4. The van der Waals surface area contributed by atoms with E-state index in [-0.39, 0.29) is 11.8 Å². The van der Waals surface area contributed by atoms with Gasteiger partial charge in [0.15, 0.2) is 8.68 Å². The lowest BCUT2D eigenvalue weighted by atomic mass is 10.0. The molecular formula is C31H24N4O2S4. The summed E-state index contributed by atoms with van der Waals surface area (Å²) in [7, 11) is 0. The third-order valence-electron chi connectivity index (χ3n) is 6.09. The topological polar surface area (TPSA) is 84.0 Å². The number of rotatable bonds is 10. The molecule has 2 amide bonds. The Morgan fingerprint density at radius 2 is 1.00 bits per heavy atom. The van der Waals surface area contributed by atoms with Crippen LogP contribution in [0.3, 0.4) is 0 Å². The molecule has 0 fully saturated rings. The molecule has 41 heavy (non-hydrogen) atoms. The van der Waals surface area contributed by atoms with Gasteiger partial charge in [-0.2, -0.15) is 0 Å². The average molecular weight is 613 g/mol. The van der Waals surface area contributed by atoms with E-state index in [0.717, 1.165) is 58.0 Å². The van der Waals surface area contributed by atoms with Gasteiger partial charge in [-0.1, -0.05) is 72.1 Å². The highest BCUT2D eigenvalue weighted by atomic mass is 32.2. The maximum Gasteiger partial charge on any atom is 0.234 e. The highest BCUT2D eigenvalue weighted by Crippen LogP contribution is 2.30. The molecule has 6 aromatic rings. The minimum absolute atomic E-state index is 0.0573. The van der Waals surface area contributed by atoms with Crippen LogP contribution in [0, 0.1) is 0 Å². The normalized spacial score (nSPS) is 11.1. The number of thioether (sulfide) groups is 2. The highest BCUT2D eigenvalue weighted by Gasteiger charge is 2.10. The predicted octanol–water partition coefficient (Wildman–Crippen LogP) is 7.96. The van der Waals surface area contributed by atoms with E-state index in [1.807, 2.05) is 97.1 Å². The monoisotopic (exact) mass is 612 g/mol. The number of fused-ring (bicyclic) bond motifs is 2. The molecule has 4 aromatic carbocycles. The van der Waals surface area contributed by atoms with Crippen molar-refractivity contribution in [1.82, 2.24) is 9.97 Å². The predicted molar refractivity (Wildman–Crippen MR) is 174 cm³/mol. The number of hydrogen-bond donors (Lipinski definition) is 2. The summed E-state index contributed by atoms with van der Waals surface area (Å²) in [5.41, 5.74) is 5.74. The fourth-order valence-electron chi connectivity index (χ4n) is 4.12. The second kappa shape index (κ2) is 12.9. The first-order valence-electron chi connectivity index (χ1n) is 12.8. The van der Waals surface area contributed by atoms with Gasteiger partial charge in [-0.3, -0.25) is 9.59 Å². The molecule has 2 N–H and O–H groups in total. The number of thiazole rings is 2. The maximum atomic E-state index is 12.4. The zero-order valence-corrected chi connectivity index (χ0v) is 25.0. The third kappa shape index (κ3) is 7.34. The van der Waals surface area contributed by atoms with Crippen molar-refractivity contribution in [2.75, 3.05) is 22.1 Å². The molecule has 0 spiro atoms. The molecule has 0 saturated heterocycles. The van der Waals surface area contributed by atoms with Crippen LogP contribution in [0.5, 0.6) is 0 Å². The van der Waals surface area contributed by atoms with Crippen LogP contribution in [0.25, 0.3) is 20.4 Å². The number of anilines is 2. The second-order valence-corrected chi connectivity index (χ2v) is 13.6. The number of carbonyl (C=O) groups is 2. The molecule has 0 bridgehead atoms. The molecule has 2 aromatic heterocycles. The van der Waals surface area contributed by atoms with Crippen LogP contribution in [-0.4, -0.2) is 33.3 Å². The molecular weight excluding hydrogens is 589 g/mol. The van der Waals surface area contributed by atoms with Crippen LogP contribution in [0.1, 0.15) is 11.1 Å². The summed E-state index contributed by atoms with van der Waals surface area (Å²) in [6.45, 7) is 0. The van der Waals surface area contributed by atoms with E-state index in [1.54, 1.807) is 22.7 Å². The Bertz CT molecular complexity index is 1610. The Kier molecular flexibility index (Phi) is 8.62. The van der Waals surface area contributed by atoms with E-state index in [1.165, 1.54) is 23.5 Å². The summed E-state index contributed by atoms with van der Waals surface area (Å²) in [6.07, 6.45) is 0.753. The molecule has 10 heteroatoms. The summed E-state index contributed by atoms with van der Waals surface area (Å²) >= 11 is 6.11. The molecule has 0 aliphatic heterocycles. The van der Waals surface area contributed by atoms with Crippen molar-refractivity contribution in [3.8, 4) is 0 Å². The smallest absolute Gasteiger partial charge is 0.234 e. The summed E-state index contributed by atoms with van der Waals surface area (Å²) in [5.74, 6) is 0.507. The number of hydrogen-bond acceptors (Lipinski definition) is 8. The lowest BCUT2D eigenvalue weighted by Gasteiger charge is -2.08. The van der Waals surface area contributed by atoms with E-state index in [2.05, 4.69) is 20.6 Å². The molecule has 0 saturated carbocycles. The molecule has 2 heterocycles. The van der Waals surface area contributed by atoms with Gasteiger partial charge >= 0.3 is 0 Å². The Morgan fingerprint density at radius 1 is 0.585 bits per heavy atom. The number of nitrogens with one attached hydrogen (secondary N) is 2. The standard InChI is InChI=1S/C31H24N4O2S4/c36-28(18-38-30-34-24-5-1-3-7-26(24)40-30)32-22-13-9-20(10-14-22)17-21-11-15-23(16-12-21)33-29(37)19-39-31-35-25-6-2-4-8-27(25)41-31/h1-16H,17-19H2,(H,32,36)(H,33,37). The van der Waals surface area contributed by atoms with Crippen LogP contribution in [0.2, 0.25) is 0 Å². The summed E-state index contributed by atoms with van der Waals surface area (Å²) in [5, 5.41) is 5.92. The van der Waals surface area contributed by atoms with Crippen LogP contribution in [-0.2, 0) is 16.0 Å². The van der Waals surface area contributed by atoms with Gasteiger partial charge in [0.25, 0.3) is 0 Å². The van der Waals surface area contributed by atoms with Gasteiger partial charge in [-0.05, 0) is 66.1 Å². The number of aromatic nitrogens is 2. The summed E-state index contributed by atoms with van der Waals surface area (Å²) < 4.78 is 4.04. The Hall–Kier alpha value is -3.70. The third-order valence-corrected chi connectivity index (χ3v) is 10.4. The van der Waals surface area contributed by atoms with Crippen molar-refractivity contribution < 1.29 is 9.59 Å². The van der Waals surface area contributed by atoms with Gasteiger partial charge in [0, 0.05) is 11.4 Å². The Labute approximate surface area is 253 Å². The molecule has 0 atom stereocenters. The number of amides is 2. The van der Waals surface area contributed by atoms with Gasteiger partial charge in [0.2, 0.25) is 11.8 Å². The molecule has 6 rings (SSSR count). The first kappa shape index (κ1) is 27.5. The van der Waals surface area contributed by atoms with Gasteiger partial charge in [0.05, 0.1) is 31.9 Å². The summed E-state index contributed by atoms with van der Waals surface area (Å²) in [4.78, 5) is 34.0. The maximum absolute atomic E-state index is 12.4. The van der Waals surface area contributed by atoms with Crippen molar-refractivity contribution in [2.24, 2.45) is 0 Å². The van der Waals surface area contributed by atoms with Gasteiger partial charge in [0.1, 0.15) is 0 Å². The van der Waals surface area contributed by atoms with Crippen molar-refractivity contribution in [3.05, 3.63) is 108 Å². The minimum atomic E-state index is -0.0573. The number of para-hydroxylation sites is 2. The van der Waals surface area contributed by atoms with Crippen LogP contribution < -0.4 is 10.6 Å². The van der Waals surface area contributed by atoms with E-state index >= 15 is 0 Å². The van der Waals surface area contributed by atoms with Gasteiger partial charge in [-0.25, -0.2) is 9.97 Å². The van der Waals surface area contributed by atoms with Crippen molar-refractivity contribution >= 4 is 89.8 Å². The quantitative estimate of drug-likeness (QED) is 0.153.